The van der Waals surface area contributed by atoms with E-state index in [9.17, 15) is 9.90 Å². The molecule has 0 atom stereocenters. The summed E-state index contributed by atoms with van der Waals surface area (Å²) in [5, 5.41) is 10.0. The van der Waals surface area contributed by atoms with Gasteiger partial charge >= 0.3 is 5.97 Å². The Bertz CT molecular complexity index is 629. The molecule has 2 aromatic rings. The second-order valence-electron chi connectivity index (χ2n) is 5.98. The molecule has 0 bridgehead atoms. The van der Waals surface area contributed by atoms with Crippen LogP contribution in [0.3, 0.4) is 0 Å². The number of hydrogen-bond acceptors (Lipinski definition) is 3. The highest BCUT2D eigenvalue weighted by Gasteiger charge is 2.17. The second kappa shape index (κ2) is 5.49. The van der Waals surface area contributed by atoms with Crippen LogP contribution in [0.4, 0.5) is 0 Å². The van der Waals surface area contributed by atoms with Gasteiger partial charge in [0.1, 0.15) is 11.3 Å². The number of para-hydroxylation sites is 1. The Balaban J connectivity index is 2.37. The molecule has 0 saturated carbocycles. The van der Waals surface area contributed by atoms with E-state index in [1.54, 1.807) is 0 Å². The molecule has 0 amide bonds. The summed E-state index contributed by atoms with van der Waals surface area (Å²) in [5.41, 5.74) is 0.993. The summed E-state index contributed by atoms with van der Waals surface area (Å²) < 4.78 is 5.77. The van der Waals surface area contributed by atoms with Crippen LogP contribution in [0.25, 0.3) is 10.9 Å². The minimum atomic E-state index is -1.02. The molecule has 0 aliphatic rings. The first-order valence-electron chi connectivity index (χ1n) is 6.62. The fourth-order valence-electron chi connectivity index (χ4n) is 1.88. The van der Waals surface area contributed by atoms with E-state index in [4.69, 9.17) is 4.74 Å². The first kappa shape index (κ1) is 14.3. The van der Waals surface area contributed by atoms with E-state index >= 15 is 0 Å². The number of ether oxygens (including phenoxy) is 1. The van der Waals surface area contributed by atoms with Gasteiger partial charge in [-0.25, -0.2) is 4.79 Å². The molecule has 2 rings (SSSR count). The molecule has 1 N–H and O–H groups in total. The van der Waals surface area contributed by atoms with Gasteiger partial charge in [-0.2, -0.15) is 0 Å². The summed E-state index contributed by atoms with van der Waals surface area (Å²) in [5.74, 6) is -0.610. The van der Waals surface area contributed by atoms with Gasteiger partial charge in [0.25, 0.3) is 0 Å². The van der Waals surface area contributed by atoms with E-state index < -0.39 is 5.97 Å². The third-order valence-electron chi connectivity index (χ3n) is 3.05. The largest absolute Gasteiger partial charge is 0.492 e. The molecule has 0 radical (unpaired) electrons. The van der Waals surface area contributed by atoms with Crippen molar-refractivity contribution in [2.75, 3.05) is 6.61 Å². The maximum atomic E-state index is 11.3. The number of aromatic nitrogens is 1. The first-order chi connectivity index (χ1) is 9.38. The van der Waals surface area contributed by atoms with E-state index in [-0.39, 0.29) is 11.0 Å². The molecule has 4 nitrogen and oxygen atoms in total. The minimum Gasteiger partial charge on any atom is -0.492 e. The Morgan fingerprint density at radius 3 is 2.65 bits per heavy atom. The predicted molar refractivity (Wildman–Crippen MR) is 78.3 cm³/mol. The summed E-state index contributed by atoms with van der Waals surface area (Å²) in [7, 11) is 0. The highest BCUT2D eigenvalue weighted by Crippen LogP contribution is 2.29. The summed E-state index contributed by atoms with van der Waals surface area (Å²) in [6, 6.07) is 7.40. The molecule has 0 saturated heterocycles. The van der Waals surface area contributed by atoms with Crippen LogP contribution >= 0.6 is 0 Å². The van der Waals surface area contributed by atoms with E-state index in [1.807, 2.05) is 24.3 Å². The summed E-state index contributed by atoms with van der Waals surface area (Å²) >= 11 is 0. The van der Waals surface area contributed by atoms with Gasteiger partial charge in [0.2, 0.25) is 0 Å². The number of nitrogens with zero attached hydrogens (tertiary/aromatic N) is 1. The lowest BCUT2D eigenvalue weighted by Gasteiger charge is -2.19. The van der Waals surface area contributed by atoms with Crippen molar-refractivity contribution in [2.24, 2.45) is 5.41 Å². The minimum absolute atomic E-state index is 0.109. The molecule has 1 aromatic carbocycles. The van der Waals surface area contributed by atoms with Crippen molar-refractivity contribution in [2.45, 2.75) is 27.2 Å². The number of rotatable bonds is 4. The fourth-order valence-corrected chi connectivity index (χ4v) is 1.88. The maximum Gasteiger partial charge on any atom is 0.341 e. The highest BCUT2D eigenvalue weighted by molar-refractivity contribution is 5.98. The van der Waals surface area contributed by atoms with Crippen LogP contribution in [-0.4, -0.2) is 22.7 Å². The summed E-state index contributed by atoms with van der Waals surface area (Å²) in [6.45, 7) is 6.86. The molecule has 4 heteroatoms. The summed E-state index contributed by atoms with van der Waals surface area (Å²) in [6.07, 6.45) is 2.21. The molecular weight excluding hydrogens is 254 g/mol. The highest BCUT2D eigenvalue weighted by atomic mass is 16.5. The standard InChI is InChI=1S/C16H19NO3/c1-16(2,3)8-9-20-14-11-6-4-5-7-13(11)17-10-12(14)15(18)19/h4-7,10H,8-9H2,1-3H3,(H,18,19). The number of fused-ring (bicyclic) bond motifs is 1. The first-order valence-corrected chi connectivity index (χ1v) is 6.62. The molecule has 0 aliphatic heterocycles. The van der Waals surface area contributed by atoms with Crippen molar-refractivity contribution in [3.05, 3.63) is 36.0 Å². The molecule has 20 heavy (non-hydrogen) atoms. The van der Waals surface area contributed by atoms with Crippen molar-refractivity contribution in [1.82, 2.24) is 4.98 Å². The number of hydrogen-bond donors (Lipinski definition) is 1. The van der Waals surface area contributed by atoms with Gasteiger partial charge in [0, 0.05) is 11.6 Å². The van der Waals surface area contributed by atoms with Gasteiger partial charge in [0.05, 0.1) is 12.1 Å². The van der Waals surface area contributed by atoms with Crippen LogP contribution < -0.4 is 4.74 Å². The molecule has 1 heterocycles. The zero-order valence-corrected chi connectivity index (χ0v) is 12.0. The van der Waals surface area contributed by atoms with Gasteiger partial charge in [-0.1, -0.05) is 32.9 Å². The van der Waals surface area contributed by atoms with Gasteiger partial charge in [-0.15, -0.1) is 0 Å². The Morgan fingerprint density at radius 1 is 1.30 bits per heavy atom. The molecule has 0 aliphatic carbocycles. The van der Waals surface area contributed by atoms with Crippen molar-refractivity contribution >= 4 is 16.9 Å². The van der Waals surface area contributed by atoms with Gasteiger partial charge in [0.15, 0.2) is 0 Å². The molecule has 1 aromatic heterocycles. The second-order valence-corrected chi connectivity index (χ2v) is 5.98. The van der Waals surface area contributed by atoms with Crippen LogP contribution in [0.5, 0.6) is 5.75 Å². The summed E-state index contributed by atoms with van der Waals surface area (Å²) in [4.78, 5) is 15.5. The average Bonchev–Trinajstić information content (AvgIpc) is 2.37. The maximum absolute atomic E-state index is 11.3. The predicted octanol–water partition coefficient (Wildman–Crippen LogP) is 3.75. The zero-order valence-electron chi connectivity index (χ0n) is 12.0. The number of pyridine rings is 1. The number of carboxylic acid groups (broad SMARTS) is 1. The molecular formula is C16H19NO3. The Hall–Kier alpha value is -2.10. The third kappa shape index (κ3) is 3.26. The van der Waals surface area contributed by atoms with Crippen LogP contribution in [-0.2, 0) is 0 Å². The van der Waals surface area contributed by atoms with Crippen LogP contribution in [0.1, 0.15) is 37.6 Å². The third-order valence-corrected chi connectivity index (χ3v) is 3.05. The smallest absolute Gasteiger partial charge is 0.341 e. The lowest BCUT2D eigenvalue weighted by Crippen LogP contribution is -2.13. The number of carboxylic acids is 1. The number of benzene rings is 1. The Labute approximate surface area is 118 Å². The molecule has 0 unspecified atom stereocenters. The van der Waals surface area contributed by atoms with E-state index in [0.717, 1.165) is 17.3 Å². The number of aromatic carboxylic acids is 1. The van der Waals surface area contributed by atoms with E-state index in [2.05, 4.69) is 25.8 Å². The molecule has 106 valence electrons. The lowest BCUT2D eigenvalue weighted by atomic mass is 9.93. The van der Waals surface area contributed by atoms with Crippen LogP contribution in [0.2, 0.25) is 0 Å². The van der Waals surface area contributed by atoms with Gasteiger partial charge < -0.3 is 9.84 Å². The van der Waals surface area contributed by atoms with E-state index in [0.29, 0.717) is 12.4 Å². The van der Waals surface area contributed by atoms with Gasteiger partial charge in [-0.3, -0.25) is 4.98 Å². The monoisotopic (exact) mass is 273 g/mol. The van der Waals surface area contributed by atoms with Crippen LogP contribution in [0, 0.1) is 5.41 Å². The topological polar surface area (TPSA) is 59.4 Å². The SMILES string of the molecule is CC(C)(C)CCOc1c(C(=O)O)cnc2ccccc12. The lowest BCUT2D eigenvalue weighted by molar-refractivity contribution is 0.0691. The zero-order chi connectivity index (χ0) is 14.8. The van der Waals surface area contributed by atoms with Crippen molar-refractivity contribution in [3.8, 4) is 5.75 Å². The van der Waals surface area contributed by atoms with Crippen molar-refractivity contribution < 1.29 is 14.6 Å². The van der Waals surface area contributed by atoms with Crippen molar-refractivity contribution in [1.29, 1.82) is 0 Å². The Morgan fingerprint density at radius 2 is 2.00 bits per heavy atom. The quantitative estimate of drug-likeness (QED) is 0.921. The molecule has 0 fully saturated rings. The fraction of sp³-hybridized carbons (Fsp3) is 0.375. The average molecular weight is 273 g/mol. The normalized spacial score (nSPS) is 11.6. The molecule has 0 spiro atoms. The Kier molecular flexibility index (Phi) is 3.93. The van der Waals surface area contributed by atoms with E-state index in [1.165, 1.54) is 6.20 Å². The van der Waals surface area contributed by atoms with Crippen LogP contribution in [0.15, 0.2) is 30.5 Å². The number of carbonyl (C=O) groups is 1. The van der Waals surface area contributed by atoms with Crippen molar-refractivity contribution in [3.63, 3.8) is 0 Å². The van der Waals surface area contributed by atoms with Gasteiger partial charge in [-0.05, 0) is 24.0 Å².